The second kappa shape index (κ2) is 6.51. The third kappa shape index (κ3) is 3.80. The SMILES string of the molecule is CC(C)c1nc(NCC(=O)N2CCNCC2)cc(=O)[nH]1. The van der Waals surface area contributed by atoms with Crippen molar-refractivity contribution in [3.8, 4) is 0 Å². The highest BCUT2D eigenvalue weighted by Gasteiger charge is 2.16. The maximum absolute atomic E-state index is 12.0. The number of nitrogens with zero attached hydrogens (tertiary/aromatic N) is 2. The maximum atomic E-state index is 12.0. The van der Waals surface area contributed by atoms with Crippen LogP contribution in [0.1, 0.15) is 25.6 Å². The summed E-state index contributed by atoms with van der Waals surface area (Å²) in [5, 5.41) is 6.13. The standard InChI is InChI=1S/C13H21N5O2/c1-9(2)13-16-10(7-11(19)17-13)15-8-12(20)18-5-3-14-4-6-18/h7,9,14H,3-6,8H2,1-2H3,(H2,15,16,17,19). The molecule has 20 heavy (non-hydrogen) atoms. The van der Waals surface area contributed by atoms with E-state index in [-0.39, 0.29) is 23.9 Å². The molecule has 0 aromatic carbocycles. The molecule has 0 aliphatic carbocycles. The number of hydrogen-bond donors (Lipinski definition) is 3. The molecule has 0 bridgehead atoms. The Labute approximate surface area is 117 Å². The molecule has 1 aliphatic heterocycles. The van der Waals surface area contributed by atoms with Gasteiger partial charge in [0.25, 0.3) is 5.56 Å². The Morgan fingerprint density at radius 2 is 2.15 bits per heavy atom. The van der Waals surface area contributed by atoms with Crippen LogP contribution in [0.3, 0.4) is 0 Å². The predicted octanol–water partition coefficient (Wildman–Crippen LogP) is -0.263. The average Bonchev–Trinajstić information content (AvgIpc) is 2.45. The molecule has 0 unspecified atom stereocenters. The van der Waals surface area contributed by atoms with Crippen molar-refractivity contribution in [3.63, 3.8) is 0 Å². The van der Waals surface area contributed by atoms with Crippen LogP contribution in [-0.4, -0.2) is 53.5 Å². The zero-order valence-corrected chi connectivity index (χ0v) is 11.9. The zero-order chi connectivity index (χ0) is 14.5. The highest BCUT2D eigenvalue weighted by molar-refractivity contribution is 5.80. The molecule has 0 saturated carbocycles. The lowest BCUT2D eigenvalue weighted by Crippen LogP contribution is -2.48. The number of hydrogen-bond acceptors (Lipinski definition) is 5. The summed E-state index contributed by atoms with van der Waals surface area (Å²) in [6.45, 7) is 7.16. The molecule has 1 saturated heterocycles. The minimum atomic E-state index is -0.208. The molecular formula is C13H21N5O2. The highest BCUT2D eigenvalue weighted by atomic mass is 16.2. The Morgan fingerprint density at radius 1 is 1.45 bits per heavy atom. The third-order valence-electron chi connectivity index (χ3n) is 3.20. The molecular weight excluding hydrogens is 258 g/mol. The van der Waals surface area contributed by atoms with E-state index in [1.54, 1.807) is 4.90 Å². The fourth-order valence-corrected chi connectivity index (χ4v) is 2.03. The van der Waals surface area contributed by atoms with E-state index in [1.807, 2.05) is 13.8 Å². The first kappa shape index (κ1) is 14.5. The van der Waals surface area contributed by atoms with Gasteiger partial charge in [0.15, 0.2) is 0 Å². The second-order valence-corrected chi connectivity index (χ2v) is 5.15. The molecule has 0 atom stereocenters. The molecule has 3 N–H and O–H groups in total. The summed E-state index contributed by atoms with van der Waals surface area (Å²) in [7, 11) is 0. The smallest absolute Gasteiger partial charge is 0.252 e. The van der Waals surface area contributed by atoms with Crippen molar-refractivity contribution in [1.82, 2.24) is 20.2 Å². The minimum absolute atomic E-state index is 0.0275. The van der Waals surface area contributed by atoms with Gasteiger partial charge in [-0.25, -0.2) is 4.98 Å². The maximum Gasteiger partial charge on any atom is 0.252 e. The summed E-state index contributed by atoms with van der Waals surface area (Å²) < 4.78 is 0. The number of amides is 1. The van der Waals surface area contributed by atoms with Crippen molar-refractivity contribution in [2.24, 2.45) is 0 Å². The highest BCUT2D eigenvalue weighted by Crippen LogP contribution is 2.08. The molecule has 7 heteroatoms. The Bertz CT molecular complexity index is 520. The summed E-state index contributed by atoms with van der Waals surface area (Å²) in [5.74, 6) is 1.23. The first-order valence-corrected chi connectivity index (χ1v) is 6.90. The van der Waals surface area contributed by atoms with E-state index in [1.165, 1.54) is 6.07 Å². The molecule has 1 aliphatic rings. The summed E-state index contributed by atoms with van der Waals surface area (Å²) in [6, 6.07) is 1.37. The number of piperazine rings is 1. The van der Waals surface area contributed by atoms with Gasteiger partial charge < -0.3 is 20.5 Å². The fourth-order valence-electron chi connectivity index (χ4n) is 2.03. The van der Waals surface area contributed by atoms with Gasteiger partial charge in [0, 0.05) is 38.2 Å². The number of nitrogens with one attached hydrogen (secondary N) is 3. The lowest BCUT2D eigenvalue weighted by molar-refractivity contribution is -0.129. The van der Waals surface area contributed by atoms with Crippen LogP contribution in [0, 0.1) is 0 Å². The normalized spacial score (nSPS) is 15.4. The summed E-state index contributed by atoms with van der Waals surface area (Å²) in [5.41, 5.74) is -0.208. The molecule has 2 rings (SSSR count). The number of anilines is 1. The molecule has 0 spiro atoms. The van der Waals surface area contributed by atoms with Crippen molar-refractivity contribution in [3.05, 3.63) is 22.2 Å². The van der Waals surface area contributed by atoms with Crippen molar-refractivity contribution >= 4 is 11.7 Å². The molecule has 0 radical (unpaired) electrons. The largest absolute Gasteiger partial charge is 0.361 e. The van der Waals surface area contributed by atoms with Gasteiger partial charge in [-0.3, -0.25) is 9.59 Å². The minimum Gasteiger partial charge on any atom is -0.361 e. The summed E-state index contributed by atoms with van der Waals surface area (Å²) in [6.07, 6.45) is 0. The first-order valence-electron chi connectivity index (χ1n) is 6.90. The number of rotatable bonds is 4. The van der Waals surface area contributed by atoms with E-state index >= 15 is 0 Å². The number of carbonyl (C=O) groups excluding carboxylic acids is 1. The van der Waals surface area contributed by atoms with Crippen LogP contribution in [0.5, 0.6) is 0 Å². The lowest BCUT2D eigenvalue weighted by atomic mass is 10.2. The van der Waals surface area contributed by atoms with Gasteiger partial charge in [-0.2, -0.15) is 0 Å². The van der Waals surface area contributed by atoms with Gasteiger partial charge in [0.2, 0.25) is 5.91 Å². The zero-order valence-electron chi connectivity index (χ0n) is 11.9. The Kier molecular flexibility index (Phi) is 4.73. The lowest BCUT2D eigenvalue weighted by Gasteiger charge is -2.27. The predicted molar refractivity (Wildman–Crippen MR) is 76.9 cm³/mol. The Morgan fingerprint density at radius 3 is 2.80 bits per heavy atom. The van der Waals surface area contributed by atoms with Crippen LogP contribution < -0.4 is 16.2 Å². The van der Waals surface area contributed by atoms with Crippen LogP contribution in [0.4, 0.5) is 5.82 Å². The number of carbonyl (C=O) groups is 1. The molecule has 1 fully saturated rings. The van der Waals surface area contributed by atoms with Gasteiger partial charge in [-0.15, -0.1) is 0 Å². The van der Waals surface area contributed by atoms with Crippen LogP contribution in [0.2, 0.25) is 0 Å². The van der Waals surface area contributed by atoms with Gasteiger partial charge in [0.1, 0.15) is 11.6 Å². The van der Waals surface area contributed by atoms with E-state index < -0.39 is 0 Å². The van der Waals surface area contributed by atoms with Gasteiger partial charge >= 0.3 is 0 Å². The van der Waals surface area contributed by atoms with E-state index in [2.05, 4.69) is 20.6 Å². The number of aromatic nitrogens is 2. The average molecular weight is 279 g/mol. The number of aromatic amines is 1. The van der Waals surface area contributed by atoms with Gasteiger partial charge in [0.05, 0.1) is 6.54 Å². The van der Waals surface area contributed by atoms with Gasteiger partial charge in [-0.05, 0) is 0 Å². The van der Waals surface area contributed by atoms with E-state index in [0.29, 0.717) is 11.6 Å². The van der Waals surface area contributed by atoms with Crippen LogP contribution in [-0.2, 0) is 4.79 Å². The topological polar surface area (TPSA) is 90.1 Å². The molecule has 7 nitrogen and oxygen atoms in total. The van der Waals surface area contributed by atoms with Crippen LogP contribution >= 0.6 is 0 Å². The van der Waals surface area contributed by atoms with E-state index in [9.17, 15) is 9.59 Å². The quantitative estimate of drug-likeness (QED) is 0.706. The van der Waals surface area contributed by atoms with Crippen molar-refractivity contribution in [2.45, 2.75) is 19.8 Å². The molecule has 1 aromatic heterocycles. The molecule has 110 valence electrons. The fraction of sp³-hybridized carbons (Fsp3) is 0.615. The summed E-state index contributed by atoms with van der Waals surface area (Å²) >= 11 is 0. The van der Waals surface area contributed by atoms with Crippen molar-refractivity contribution < 1.29 is 4.79 Å². The molecule has 1 aromatic rings. The van der Waals surface area contributed by atoms with Crippen LogP contribution in [0.25, 0.3) is 0 Å². The second-order valence-electron chi connectivity index (χ2n) is 5.15. The van der Waals surface area contributed by atoms with E-state index in [4.69, 9.17) is 0 Å². The Balaban J connectivity index is 1.96. The molecule has 1 amide bonds. The van der Waals surface area contributed by atoms with Crippen molar-refractivity contribution in [2.75, 3.05) is 38.0 Å². The summed E-state index contributed by atoms with van der Waals surface area (Å²) in [4.78, 5) is 32.3. The van der Waals surface area contributed by atoms with Crippen LogP contribution in [0.15, 0.2) is 10.9 Å². The first-order chi connectivity index (χ1) is 9.56. The van der Waals surface area contributed by atoms with Crippen molar-refractivity contribution in [1.29, 1.82) is 0 Å². The number of H-pyrrole nitrogens is 1. The Hall–Kier alpha value is -1.89. The monoisotopic (exact) mass is 279 g/mol. The van der Waals surface area contributed by atoms with Gasteiger partial charge in [-0.1, -0.05) is 13.8 Å². The third-order valence-corrected chi connectivity index (χ3v) is 3.20. The van der Waals surface area contributed by atoms with E-state index in [0.717, 1.165) is 26.2 Å². The molecule has 2 heterocycles.